The maximum atomic E-state index is 11.8. The largest absolute Gasteiger partial charge is 0.505 e. The van der Waals surface area contributed by atoms with Crippen molar-refractivity contribution in [1.29, 1.82) is 0 Å². The van der Waals surface area contributed by atoms with E-state index < -0.39 is 0 Å². The third-order valence-electron chi connectivity index (χ3n) is 2.32. The number of nitrogens with two attached hydrogens (primary N) is 1. The van der Waals surface area contributed by atoms with E-state index >= 15 is 0 Å². The molecule has 0 saturated heterocycles. The van der Waals surface area contributed by atoms with Crippen LogP contribution in [0.1, 0.15) is 15.2 Å². The molecule has 1 aromatic carbocycles. The second kappa shape index (κ2) is 4.88. The van der Waals surface area contributed by atoms with Crippen molar-refractivity contribution in [3.63, 3.8) is 0 Å². The Morgan fingerprint density at radius 1 is 1.35 bits per heavy atom. The van der Waals surface area contributed by atoms with Crippen LogP contribution in [-0.2, 0) is 6.54 Å². The second-order valence-corrected chi connectivity index (χ2v) is 4.54. The smallest absolute Gasteiger partial charge is 0.255 e. The van der Waals surface area contributed by atoms with Crippen LogP contribution in [0.5, 0.6) is 5.75 Å². The van der Waals surface area contributed by atoms with Gasteiger partial charge in [0.2, 0.25) is 0 Å². The number of phenolic OH excluding ortho intramolecular Hbond substituents is 1. The quantitative estimate of drug-likeness (QED) is 0.574. The van der Waals surface area contributed by atoms with Gasteiger partial charge in [0.15, 0.2) is 5.75 Å². The molecule has 5 heteroatoms. The van der Waals surface area contributed by atoms with Gasteiger partial charge in [-0.1, -0.05) is 12.1 Å². The molecule has 4 nitrogen and oxygen atoms in total. The molecule has 0 saturated carbocycles. The molecule has 0 fully saturated rings. The number of hydrogen-bond donors (Lipinski definition) is 3. The molecule has 0 bridgehead atoms. The molecule has 0 aliphatic heterocycles. The molecule has 0 radical (unpaired) electrons. The number of hydrogen-bond acceptors (Lipinski definition) is 4. The van der Waals surface area contributed by atoms with E-state index in [4.69, 9.17) is 5.73 Å². The first-order valence-electron chi connectivity index (χ1n) is 5.06. The van der Waals surface area contributed by atoms with Gasteiger partial charge in [0.1, 0.15) is 0 Å². The third-order valence-corrected chi connectivity index (χ3v) is 3.19. The SMILES string of the molecule is Nc1cccc(C(=O)NCc2cccs2)c1O. The normalized spacial score (nSPS) is 10.1. The molecule has 17 heavy (non-hydrogen) atoms. The molecular formula is C12H12N2O2S. The lowest BCUT2D eigenvalue weighted by Gasteiger charge is -2.07. The summed E-state index contributed by atoms with van der Waals surface area (Å²) in [6.45, 7) is 0.449. The first-order chi connectivity index (χ1) is 8.18. The van der Waals surface area contributed by atoms with Crippen LogP contribution >= 0.6 is 11.3 Å². The van der Waals surface area contributed by atoms with Gasteiger partial charge in [0.25, 0.3) is 5.91 Å². The Labute approximate surface area is 103 Å². The fourth-order valence-corrected chi connectivity index (χ4v) is 2.06. The van der Waals surface area contributed by atoms with Gasteiger partial charge in [0, 0.05) is 4.88 Å². The number of nitrogen functional groups attached to an aromatic ring is 1. The Morgan fingerprint density at radius 2 is 2.18 bits per heavy atom. The lowest BCUT2D eigenvalue weighted by molar-refractivity contribution is 0.0948. The molecule has 0 atom stereocenters. The number of rotatable bonds is 3. The average Bonchev–Trinajstić information content (AvgIpc) is 2.82. The minimum Gasteiger partial charge on any atom is -0.505 e. The monoisotopic (exact) mass is 248 g/mol. The van der Waals surface area contributed by atoms with Crippen LogP contribution < -0.4 is 11.1 Å². The predicted octanol–water partition coefficient (Wildman–Crippen LogP) is 1.97. The van der Waals surface area contributed by atoms with Crippen LogP contribution in [0, 0.1) is 0 Å². The topological polar surface area (TPSA) is 75.4 Å². The summed E-state index contributed by atoms with van der Waals surface area (Å²) in [6.07, 6.45) is 0. The van der Waals surface area contributed by atoms with Crippen LogP contribution in [-0.4, -0.2) is 11.0 Å². The van der Waals surface area contributed by atoms with E-state index in [1.54, 1.807) is 23.5 Å². The fourth-order valence-electron chi connectivity index (χ4n) is 1.42. The number of carbonyl (C=O) groups excluding carboxylic acids is 1. The predicted molar refractivity (Wildman–Crippen MR) is 68.0 cm³/mol. The second-order valence-electron chi connectivity index (χ2n) is 3.51. The van der Waals surface area contributed by atoms with Gasteiger partial charge in [-0.15, -0.1) is 11.3 Å². The fraction of sp³-hybridized carbons (Fsp3) is 0.0833. The zero-order valence-corrected chi connectivity index (χ0v) is 9.83. The van der Waals surface area contributed by atoms with Crippen LogP contribution in [0.4, 0.5) is 5.69 Å². The van der Waals surface area contributed by atoms with Crippen molar-refractivity contribution < 1.29 is 9.90 Å². The van der Waals surface area contributed by atoms with Crippen LogP contribution in [0.15, 0.2) is 35.7 Å². The van der Waals surface area contributed by atoms with Crippen LogP contribution in [0.3, 0.4) is 0 Å². The molecule has 4 N–H and O–H groups in total. The zero-order valence-electron chi connectivity index (χ0n) is 9.01. The Hall–Kier alpha value is -2.01. The minimum absolute atomic E-state index is 0.170. The number of anilines is 1. The summed E-state index contributed by atoms with van der Waals surface area (Å²) < 4.78 is 0. The van der Waals surface area contributed by atoms with Gasteiger partial charge in [-0.3, -0.25) is 4.79 Å². The van der Waals surface area contributed by atoms with Crippen molar-refractivity contribution in [3.05, 3.63) is 46.2 Å². The number of amides is 1. The summed E-state index contributed by atoms with van der Waals surface area (Å²) >= 11 is 1.57. The maximum Gasteiger partial charge on any atom is 0.255 e. The lowest BCUT2D eigenvalue weighted by atomic mass is 10.1. The Morgan fingerprint density at radius 3 is 2.88 bits per heavy atom. The minimum atomic E-state index is -0.330. The first-order valence-corrected chi connectivity index (χ1v) is 5.94. The van der Waals surface area contributed by atoms with Crippen molar-refractivity contribution in [2.24, 2.45) is 0 Å². The molecule has 1 amide bonds. The third kappa shape index (κ3) is 2.57. The lowest BCUT2D eigenvalue weighted by Crippen LogP contribution is -2.22. The van der Waals surface area contributed by atoms with E-state index in [-0.39, 0.29) is 22.9 Å². The van der Waals surface area contributed by atoms with Gasteiger partial charge >= 0.3 is 0 Å². The molecular weight excluding hydrogens is 236 g/mol. The van der Waals surface area contributed by atoms with E-state index in [0.29, 0.717) is 6.54 Å². The highest BCUT2D eigenvalue weighted by Gasteiger charge is 2.12. The van der Waals surface area contributed by atoms with Crippen molar-refractivity contribution in [2.45, 2.75) is 6.54 Å². The number of carbonyl (C=O) groups is 1. The summed E-state index contributed by atoms with van der Waals surface area (Å²) in [5.41, 5.74) is 5.92. The summed E-state index contributed by atoms with van der Waals surface area (Å²) in [4.78, 5) is 12.8. The number of aromatic hydroxyl groups is 1. The highest BCUT2D eigenvalue weighted by Crippen LogP contribution is 2.24. The van der Waals surface area contributed by atoms with Crippen molar-refractivity contribution in [2.75, 3.05) is 5.73 Å². The molecule has 1 heterocycles. The number of phenols is 1. The Bertz CT molecular complexity index is 523. The average molecular weight is 248 g/mol. The van der Waals surface area contributed by atoms with Crippen LogP contribution in [0.25, 0.3) is 0 Å². The number of nitrogens with one attached hydrogen (secondary N) is 1. The molecule has 2 aromatic rings. The van der Waals surface area contributed by atoms with Gasteiger partial charge in [-0.2, -0.15) is 0 Å². The van der Waals surface area contributed by atoms with Crippen molar-refractivity contribution in [1.82, 2.24) is 5.32 Å². The molecule has 0 spiro atoms. The first kappa shape index (κ1) is 11.5. The van der Waals surface area contributed by atoms with E-state index in [1.165, 1.54) is 6.07 Å². The summed E-state index contributed by atoms with van der Waals surface area (Å²) in [7, 11) is 0. The number of benzene rings is 1. The van der Waals surface area contributed by atoms with Crippen molar-refractivity contribution >= 4 is 22.9 Å². The van der Waals surface area contributed by atoms with E-state index in [0.717, 1.165) is 4.88 Å². The highest BCUT2D eigenvalue weighted by atomic mass is 32.1. The Kier molecular flexibility index (Phi) is 3.30. The van der Waals surface area contributed by atoms with Gasteiger partial charge in [-0.05, 0) is 23.6 Å². The van der Waals surface area contributed by atoms with E-state index in [9.17, 15) is 9.90 Å². The maximum absolute atomic E-state index is 11.8. The Balaban J connectivity index is 2.07. The van der Waals surface area contributed by atoms with E-state index in [2.05, 4.69) is 5.32 Å². The molecule has 1 aromatic heterocycles. The molecule has 0 aliphatic carbocycles. The number of para-hydroxylation sites is 1. The van der Waals surface area contributed by atoms with Crippen LogP contribution in [0.2, 0.25) is 0 Å². The highest BCUT2D eigenvalue weighted by molar-refractivity contribution is 7.09. The molecule has 0 aliphatic rings. The van der Waals surface area contributed by atoms with E-state index in [1.807, 2.05) is 17.5 Å². The molecule has 88 valence electrons. The molecule has 2 rings (SSSR count). The number of thiophene rings is 1. The van der Waals surface area contributed by atoms with Gasteiger partial charge in [0.05, 0.1) is 17.8 Å². The summed E-state index contributed by atoms with van der Waals surface area (Å²) in [5, 5.41) is 14.3. The van der Waals surface area contributed by atoms with Crippen molar-refractivity contribution in [3.8, 4) is 5.75 Å². The summed E-state index contributed by atoms with van der Waals surface area (Å²) in [6, 6.07) is 8.57. The zero-order chi connectivity index (χ0) is 12.3. The van der Waals surface area contributed by atoms with Gasteiger partial charge in [-0.25, -0.2) is 0 Å². The molecule has 0 unspecified atom stereocenters. The van der Waals surface area contributed by atoms with Gasteiger partial charge < -0.3 is 16.2 Å². The summed E-state index contributed by atoms with van der Waals surface area (Å²) in [5.74, 6) is -0.501. The standard InChI is InChI=1S/C12H12N2O2S/c13-10-5-1-4-9(11(10)15)12(16)14-7-8-3-2-6-17-8/h1-6,15H,7,13H2,(H,14,16).